The number of aromatic nitrogens is 2. The zero-order valence-electron chi connectivity index (χ0n) is 14.8. The van der Waals surface area contributed by atoms with Crippen LogP contribution in [0.5, 0.6) is 5.75 Å². The number of piperazine rings is 1. The first-order chi connectivity index (χ1) is 12.1. The van der Waals surface area contributed by atoms with Crippen molar-refractivity contribution >= 4 is 11.5 Å². The van der Waals surface area contributed by atoms with E-state index in [9.17, 15) is 4.79 Å². The molecule has 0 atom stereocenters. The average molecular weight is 343 g/mol. The molecule has 0 spiro atoms. The smallest absolute Gasteiger partial charge is 0.290 e. The van der Waals surface area contributed by atoms with Gasteiger partial charge >= 0.3 is 0 Å². The number of para-hydroxylation sites is 2. The van der Waals surface area contributed by atoms with Gasteiger partial charge in [-0.1, -0.05) is 12.1 Å². The standard InChI is InChI=1S/C18H25N5O2/c1-21(2)13-14-25-16-6-4-3-5-15(16)22-9-11-23(12-10-22)17-18(24)20-8-7-19-17/h3-8H,9-14H2,1-2H3,(H,20,24). The van der Waals surface area contributed by atoms with Crippen LogP contribution in [0.15, 0.2) is 41.5 Å². The minimum Gasteiger partial charge on any atom is -0.490 e. The first kappa shape index (κ1) is 17.3. The quantitative estimate of drug-likeness (QED) is 0.845. The summed E-state index contributed by atoms with van der Waals surface area (Å²) < 4.78 is 5.97. The number of hydrogen-bond acceptors (Lipinski definition) is 6. The summed E-state index contributed by atoms with van der Waals surface area (Å²) in [5.74, 6) is 1.41. The zero-order valence-corrected chi connectivity index (χ0v) is 14.8. The molecule has 0 unspecified atom stereocenters. The van der Waals surface area contributed by atoms with Gasteiger partial charge < -0.3 is 24.4 Å². The third-order valence-electron chi connectivity index (χ3n) is 4.27. The molecule has 1 aromatic heterocycles. The van der Waals surface area contributed by atoms with Crippen LogP contribution >= 0.6 is 0 Å². The largest absolute Gasteiger partial charge is 0.490 e. The van der Waals surface area contributed by atoms with Gasteiger partial charge in [-0.15, -0.1) is 0 Å². The molecule has 0 amide bonds. The number of rotatable bonds is 6. The molecule has 7 nitrogen and oxygen atoms in total. The van der Waals surface area contributed by atoms with E-state index < -0.39 is 0 Å². The van der Waals surface area contributed by atoms with Crippen molar-refractivity contribution in [3.8, 4) is 5.75 Å². The minimum atomic E-state index is -0.136. The highest BCUT2D eigenvalue weighted by molar-refractivity contribution is 5.59. The van der Waals surface area contributed by atoms with Gasteiger partial charge in [-0.05, 0) is 26.2 Å². The number of benzene rings is 1. The predicted octanol–water partition coefficient (Wildman–Crippen LogP) is 1.04. The second-order valence-electron chi connectivity index (χ2n) is 6.34. The average Bonchev–Trinajstić information content (AvgIpc) is 2.63. The van der Waals surface area contributed by atoms with E-state index in [1.807, 2.05) is 37.2 Å². The third-order valence-corrected chi connectivity index (χ3v) is 4.27. The molecule has 134 valence electrons. The molecule has 1 aromatic carbocycles. The Balaban J connectivity index is 1.65. The normalized spacial score (nSPS) is 14.8. The summed E-state index contributed by atoms with van der Waals surface area (Å²) >= 11 is 0. The molecule has 2 heterocycles. The van der Waals surface area contributed by atoms with Crippen LogP contribution in [0, 0.1) is 0 Å². The van der Waals surface area contributed by atoms with E-state index in [0.717, 1.165) is 44.2 Å². The van der Waals surface area contributed by atoms with Gasteiger partial charge in [-0.3, -0.25) is 4.79 Å². The number of nitrogens with one attached hydrogen (secondary N) is 1. The van der Waals surface area contributed by atoms with Crippen molar-refractivity contribution in [1.82, 2.24) is 14.9 Å². The Morgan fingerprint density at radius 1 is 1.16 bits per heavy atom. The summed E-state index contributed by atoms with van der Waals surface area (Å²) in [6.07, 6.45) is 3.18. The van der Waals surface area contributed by atoms with Crippen molar-refractivity contribution in [2.45, 2.75) is 0 Å². The second kappa shape index (κ2) is 8.02. The number of anilines is 2. The number of likely N-dealkylation sites (N-methyl/N-ethyl adjacent to an activating group) is 1. The molecule has 7 heteroatoms. The summed E-state index contributed by atoms with van der Waals surface area (Å²) in [4.78, 5) is 25.2. The van der Waals surface area contributed by atoms with Gasteiger partial charge in [0.15, 0.2) is 5.82 Å². The van der Waals surface area contributed by atoms with Crippen LogP contribution in [0.4, 0.5) is 11.5 Å². The highest BCUT2D eigenvalue weighted by atomic mass is 16.5. The lowest BCUT2D eigenvalue weighted by atomic mass is 10.2. The van der Waals surface area contributed by atoms with E-state index in [4.69, 9.17) is 4.74 Å². The highest BCUT2D eigenvalue weighted by Gasteiger charge is 2.22. The van der Waals surface area contributed by atoms with Gasteiger partial charge in [0.1, 0.15) is 12.4 Å². The van der Waals surface area contributed by atoms with E-state index in [0.29, 0.717) is 12.4 Å². The van der Waals surface area contributed by atoms with Gasteiger partial charge in [-0.25, -0.2) is 4.98 Å². The molecule has 1 aliphatic heterocycles. The molecule has 3 rings (SSSR count). The Labute approximate surface area is 147 Å². The lowest BCUT2D eigenvalue weighted by molar-refractivity contribution is 0.261. The van der Waals surface area contributed by atoms with E-state index in [1.54, 1.807) is 12.4 Å². The molecule has 25 heavy (non-hydrogen) atoms. The molecular weight excluding hydrogens is 318 g/mol. The topological polar surface area (TPSA) is 64.7 Å². The summed E-state index contributed by atoms with van der Waals surface area (Å²) in [5.41, 5.74) is 0.971. The van der Waals surface area contributed by atoms with E-state index in [1.165, 1.54) is 0 Å². The first-order valence-electron chi connectivity index (χ1n) is 8.55. The Morgan fingerprint density at radius 3 is 2.60 bits per heavy atom. The Bertz CT molecular complexity index is 738. The minimum absolute atomic E-state index is 0.136. The van der Waals surface area contributed by atoms with Gasteiger partial charge in [0.2, 0.25) is 0 Å². The maximum atomic E-state index is 11.9. The molecule has 0 bridgehead atoms. The molecular formula is C18H25N5O2. The Kier molecular flexibility index (Phi) is 5.55. The molecule has 1 fully saturated rings. The fraction of sp³-hybridized carbons (Fsp3) is 0.444. The zero-order chi connectivity index (χ0) is 17.6. The monoisotopic (exact) mass is 343 g/mol. The van der Waals surface area contributed by atoms with E-state index in [2.05, 4.69) is 25.8 Å². The number of hydrogen-bond donors (Lipinski definition) is 1. The predicted molar refractivity (Wildman–Crippen MR) is 99.8 cm³/mol. The van der Waals surface area contributed by atoms with Gasteiger partial charge in [0.25, 0.3) is 5.56 Å². The van der Waals surface area contributed by atoms with Gasteiger partial charge in [0, 0.05) is 45.1 Å². The number of aromatic amines is 1. The van der Waals surface area contributed by atoms with Crippen molar-refractivity contribution in [1.29, 1.82) is 0 Å². The summed E-state index contributed by atoms with van der Waals surface area (Å²) in [7, 11) is 4.07. The van der Waals surface area contributed by atoms with Crippen LogP contribution in [0.1, 0.15) is 0 Å². The molecule has 0 saturated carbocycles. The van der Waals surface area contributed by atoms with Crippen molar-refractivity contribution in [2.75, 3.05) is 63.2 Å². The third kappa shape index (κ3) is 4.30. The molecule has 1 N–H and O–H groups in total. The molecule has 1 saturated heterocycles. The van der Waals surface area contributed by atoms with E-state index >= 15 is 0 Å². The maximum Gasteiger partial charge on any atom is 0.290 e. The molecule has 0 radical (unpaired) electrons. The number of ether oxygens (including phenoxy) is 1. The van der Waals surface area contributed by atoms with Crippen LogP contribution in [-0.4, -0.2) is 68.3 Å². The fourth-order valence-corrected chi connectivity index (χ4v) is 2.91. The van der Waals surface area contributed by atoms with Gasteiger partial charge in [0.05, 0.1) is 5.69 Å². The van der Waals surface area contributed by atoms with Crippen LogP contribution in [-0.2, 0) is 0 Å². The molecule has 2 aromatic rings. The fourth-order valence-electron chi connectivity index (χ4n) is 2.91. The van der Waals surface area contributed by atoms with Crippen molar-refractivity contribution in [2.24, 2.45) is 0 Å². The Hall–Kier alpha value is -2.54. The lowest BCUT2D eigenvalue weighted by Crippen LogP contribution is -2.48. The van der Waals surface area contributed by atoms with Crippen LogP contribution in [0.2, 0.25) is 0 Å². The van der Waals surface area contributed by atoms with Crippen molar-refractivity contribution in [3.63, 3.8) is 0 Å². The van der Waals surface area contributed by atoms with Crippen molar-refractivity contribution < 1.29 is 4.74 Å². The van der Waals surface area contributed by atoms with Crippen LogP contribution < -0.4 is 20.1 Å². The van der Waals surface area contributed by atoms with Crippen molar-refractivity contribution in [3.05, 3.63) is 47.0 Å². The lowest BCUT2D eigenvalue weighted by Gasteiger charge is -2.36. The van der Waals surface area contributed by atoms with Crippen LogP contribution in [0.3, 0.4) is 0 Å². The SMILES string of the molecule is CN(C)CCOc1ccccc1N1CCN(c2ncc[nH]c2=O)CC1. The maximum absolute atomic E-state index is 11.9. The molecule has 0 aliphatic carbocycles. The molecule has 1 aliphatic rings. The summed E-state index contributed by atoms with van der Waals surface area (Å²) in [6, 6.07) is 8.14. The summed E-state index contributed by atoms with van der Waals surface area (Å²) in [6.45, 7) is 4.70. The number of H-pyrrole nitrogens is 1. The van der Waals surface area contributed by atoms with Gasteiger partial charge in [-0.2, -0.15) is 0 Å². The summed E-state index contributed by atoms with van der Waals surface area (Å²) in [5, 5.41) is 0. The number of nitrogens with zero attached hydrogens (tertiary/aromatic N) is 4. The first-order valence-corrected chi connectivity index (χ1v) is 8.55. The van der Waals surface area contributed by atoms with Crippen LogP contribution in [0.25, 0.3) is 0 Å². The second-order valence-corrected chi connectivity index (χ2v) is 6.34. The Morgan fingerprint density at radius 2 is 1.88 bits per heavy atom. The van der Waals surface area contributed by atoms with E-state index in [-0.39, 0.29) is 5.56 Å². The highest BCUT2D eigenvalue weighted by Crippen LogP contribution is 2.29.